The predicted octanol–water partition coefficient (Wildman–Crippen LogP) is 4.96. The smallest absolute Gasteiger partial charge is 0.279 e. The molecule has 0 aliphatic carbocycles. The summed E-state index contributed by atoms with van der Waals surface area (Å²) in [4.78, 5) is 37.0. The number of halogens is 1. The van der Waals surface area contributed by atoms with E-state index >= 15 is 0 Å². The van der Waals surface area contributed by atoms with Gasteiger partial charge in [0.05, 0.1) is 13.3 Å². The minimum Gasteiger partial charge on any atom is -0.497 e. The summed E-state index contributed by atoms with van der Waals surface area (Å²) in [6.45, 7) is 1.93. The maximum Gasteiger partial charge on any atom is 0.279 e. The Hall–Kier alpha value is -4.59. The van der Waals surface area contributed by atoms with Crippen molar-refractivity contribution in [1.29, 1.82) is 0 Å². The third-order valence-corrected chi connectivity index (χ3v) is 5.34. The van der Waals surface area contributed by atoms with Gasteiger partial charge in [-0.2, -0.15) is 0 Å². The number of aryl methyl sites for hydroxylation is 1. The topological polar surface area (TPSA) is 84.4 Å². The van der Waals surface area contributed by atoms with Crippen LogP contribution in [0.1, 0.15) is 27.7 Å². The quantitative estimate of drug-likeness (QED) is 0.413. The molecule has 4 rings (SSSR count). The molecule has 2 amide bonds. The second-order valence-corrected chi connectivity index (χ2v) is 7.78. The zero-order valence-corrected chi connectivity index (χ0v) is 19.2. The lowest BCUT2D eigenvalue weighted by Crippen LogP contribution is -2.42. The van der Waals surface area contributed by atoms with Crippen LogP contribution in [0, 0.1) is 12.7 Å². The van der Waals surface area contributed by atoms with Crippen molar-refractivity contribution in [2.45, 2.75) is 13.0 Å². The van der Waals surface area contributed by atoms with Crippen molar-refractivity contribution in [3.05, 3.63) is 114 Å². The number of carbonyl (C=O) groups excluding carboxylic acids is 2. The van der Waals surface area contributed by atoms with E-state index in [1.54, 1.807) is 36.4 Å². The Labute approximate surface area is 202 Å². The number of hydrogen-bond donors (Lipinski definition) is 1. The minimum absolute atomic E-state index is 0.0792. The Morgan fingerprint density at radius 1 is 1.00 bits per heavy atom. The molecule has 7 nitrogen and oxygen atoms in total. The van der Waals surface area contributed by atoms with Crippen molar-refractivity contribution >= 4 is 23.2 Å². The Bertz CT molecular complexity index is 1310. The van der Waals surface area contributed by atoms with Crippen LogP contribution >= 0.6 is 0 Å². The Morgan fingerprint density at radius 3 is 2.40 bits per heavy atom. The van der Waals surface area contributed by atoms with Crippen molar-refractivity contribution in [2.24, 2.45) is 0 Å². The van der Waals surface area contributed by atoms with Crippen molar-refractivity contribution in [2.75, 3.05) is 17.3 Å². The molecular formula is C27H23FN4O3. The fourth-order valence-electron chi connectivity index (χ4n) is 3.60. The van der Waals surface area contributed by atoms with E-state index in [4.69, 9.17) is 4.74 Å². The van der Waals surface area contributed by atoms with Crippen LogP contribution in [0.3, 0.4) is 0 Å². The first-order valence-electron chi connectivity index (χ1n) is 10.8. The van der Waals surface area contributed by atoms with Crippen LogP contribution in [0.5, 0.6) is 5.75 Å². The number of rotatable bonds is 7. The predicted molar refractivity (Wildman–Crippen MR) is 131 cm³/mol. The number of anilines is 2. The van der Waals surface area contributed by atoms with Gasteiger partial charge in [-0.05, 0) is 61.0 Å². The lowest BCUT2D eigenvalue weighted by Gasteiger charge is -2.31. The number of amides is 2. The molecule has 1 aromatic heterocycles. The van der Waals surface area contributed by atoms with Crippen LogP contribution in [-0.4, -0.2) is 28.9 Å². The van der Waals surface area contributed by atoms with E-state index in [9.17, 15) is 14.0 Å². The molecule has 1 atom stereocenters. The summed E-state index contributed by atoms with van der Waals surface area (Å²) in [6.07, 6.45) is 4.23. The number of carbonyl (C=O) groups is 2. The highest BCUT2D eigenvalue weighted by Crippen LogP contribution is 2.32. The summed E-state index contributed by atoms with van der Waals surface area (Å²) in [6, 6.07) is 18.5. The average Bonchev–Trinajstić information content (AvgIpc) is 2.89. The first kappa shape index (κ1) is 23.6. The summed E-state index contributed by atoms with van der Waals surface area (Å²) >= 11 is 0. The summed E-state index contributed by atoms with van der Waals surface area (Å²) in [7, 11) is 1.52. The Morgan fingerprint density at radius 2 is 1.74 bits per heavy atom. The molecular weight excluding hydrogens is 447 g/mol. The van der Waals surface area contributed by atoms with Crippen LogP contribution < -0.4 is 15.0 Å². The summed E-state index contributed by atoms with van der Waals surface area (Å²) in [5.41, 5.74) is 2.47. The number of ether oxygens (including phenoxy) is 1. The van der Waals surface area contributed by atoms with Gasteiger partial charge in [0.15, 0.2) is 0 Å². The van der Waals surface area contributed by atoms with Gasteiger partial charge in [0.25, 0.3) is 11.8 Å². The molecule has 176 valence electrons. The van der Waals surface area contributed by atoms with Crippen LogP contribution in [0.4, 0.5) is 15.8 Å². The molecule has 0 saturated carbocycles. The molecule has 0 saturated heterocycles. The SMILES string of the molecule is COc1cccc(C(C(=O)Nc2ccc(F)cc2)N(C(=O)c2cnccn2)c2ccc(C)cc2)c1. The largest absolute Gasteiger partial charge is 0.497 e. The molecule has 0 aliphatic heterocycles. The first-order valence-corrected chi connectivity index (χ1v) is 10.8. The number of nitrogens with zero attached hydrogens (tertiary/aromatic N) is 3. The van der Waals surface area contributed by atoms with E-state index < -0.39 is 23.7 Å². The highest BCUT2D eigenvalue weighted by Gasteiger charge is 2.34. The molecule has 35 heavy (non-hydrogen) atoms. The minimum atomic E-state index is -1.10. The normalized spacial score (nSPS) is 11.4. The molecule has 0 radical (unpaired) electrons. The second kappa shape index (κ2) is 10.6. The monoisotopic (exact) mass is 470 g/mol. The van der Waals surface area contributed by atoms with Crippen molar-refractivity contribution in [3.8, 4) is 5.75 Å². The summed E-state index contributed by atoms with van der Waals surface area (Å²) in [5, 5.41) is 2.80. The van der Waals surface area contributed by atoms with Crippen LogP contribution in [-0.2, 0) is 4.79 Å². The number of aromatic nitrogens is 2. The van der Waals surface area contributed by atoms with Crippen molar-refractivity contribution < 1.29 is 18.7 Å². The molecule has 1 N–H and O–H groups in total. The molecule has 3 aromatic carbocycles. The van der Waals surface area contributed by atoms with Gasteiger partial charge in [-0.3, -0.25) is 19.5 Å². The van der Waals surface area contributed by atoms with Gasteiger partial charge in [0, 0.05) is 23.8 Å². The van der Waals surface area contributed by atoms with E-state index in [-0.39, 0.29) is 5.69 Å². The van der Waals surface area contributed by atoms with Gasteiger partial charge in [0.1, 0.15) is 23.3 Å². The third-order valence-electron chi connectivity index (χ3n) is 5.34. The average molecular weight is 471 g/mol. The lowest BCUT2D eigenvalue weighted by molar-refractivity contribution is -0.117. The molecule has 1 heterocycles. The molecule has 0 spiro atoms. The number of methoxy groups -OCH3 is 1. The third kappa shape index (κ3) is 5.50. The Balaban J connectivity index is 1.85. The maximum absolute atomic E-state index is 13.8. The highest BCUT2D eigenvalue weighted by molar-refractivity contribution is 6.11. The number of nitrogens with one attached hydrogen (secondary N) is 1. The van der Waals surface area contributed by atoms with Gasteiger partial charge in [0.2, 0.25) is 0 Å². The second-order valence-electron chi connectivity index (χ2n) is 7.78. The zero-order chi connectivity index (χ0) is 24.8. The molecule has 0 fully saturated rings. The van der Waals surface area contributed by atoms with Crippen LogP contribution in [0.25, 0.3) is 0 Å². The maximum atomic E-state index is 13.8. The molecule has 4 aromatic rings. The molecule has 0 bridgehead atoms. The molecule has 0 aliphatic rings. The summed E-state index contributed by atoms with van der Waals surface area (Å²) < 4.78 is 18.8. The van der Waals surface area contributed by atoms with Crippen LogP contribution in [0.15, 0.2) is 91.4 Å². The van der Waals surface area contributed by atoms with Gasteiger partial charge >= 0.3 is 0 Å². The molecule has 8 heteroatoms. The van der Waals surface area contributed by atoms with E-state index in [1.165, 1.54) is 54.9 Å². The fraction of sp³-hybridized carbons (Fsp3) is 0.111. The van der Waals surface area contributed by atoms with Gasteiger partial charge in [-0.15, -0.1) is 0 Å². The van der Waals surface area contributed by atoms with Crippen LogP contribution in [0.2, 0.25) is 0 Å². The van der Waals surface area contributed by atoms with E-state index in [1.807, 2.05) is 19.1 Å². The zero-order valence-electron chi connectivity index (χ0n) is 19.2. The fourth-order valence-corrected chi connectivity index (χ4v) is 3.60. The summed E-state index contributed by atoms with van der Waals surface area (Å²) in [5.74, 6) is -0.906. The first-order chi connectivity index (χ1) is 17.0. The van der Waals surface area contributed by atoms with E-state index in [0.29, 0.717) is 22.7 Å². The highest BCUT2D eigenvalue weighted by atomic mass is 19.1. The van der Waals surface area contributed by atoms with E-state index in [2.05, 4.69) is 15.3 Å². The number of benzene rings is 3. The van der Waals surface area contributed by atoms with Crippen molar-refractivity contribution in [1.82, 2.24) is 9.97 Å². The van der Waals surface area contributed by atoms with E-state index in [0.717, 1.165) is 5.56 Å². The molecule has 1 unspecified atom stereocenters. The lowest BCUT2D eigenvalue weighted by atomic mass is 10.0. The van der Waals surface area contributed by atoms with Gasteiger partial charge < -0.3 is 10.1 Å². The number of hydrogen-bond acceptors (Lipinski definition) is 5. The van der Waals surface area contributed by atoms with Crippen molar-refractivity contribution in [3.63, 3.8) is 0 Å². The van der Waals surface area contributed by atoms with Gasteiger partial charge in [-0.25, -0.2) is 9.37 Å². The Kier molecular flexibility index (Phi) is 7.11. The standard InChI is InChI=1S/C27H23FN4O3/c1-18-6-12-22(13-7-18)32(27(34)24-17-29-14-15-30-24)25(19-4-3-5-23(16-19)35-2)26(33)31-21-10-8-20(28)9-11-21/h3-17,25H,1-2H3,(H,31,33). The van der Waals surface area contributed by atoms with Gasteiger partial charge in [-0.1, -0.05) is 29.8 Å².